The Labute approximate surface area is 200 Å². The van der Waals surface area contributed by atoms with E-state index in [2.05, 4.69) is 0 Å². The van der Waals surface area contributed by atoms with E-state index in [9.17, 15) is 39.0 Å². The molecule has 0 aliphatic rings. The van der Waals surface area contributed by atoms with Crippen molar-refractivity contribution in [1.82, 2.24) is 0 Å². The van der Waals surface area contributed by atoms with Crippen LogP contribution in [0.1, 0.15) is 25.7 Å². The summed E-state index contributed by atoms with van der Waals surface area (Å²) >= 11 is 0. The van der Waals surface area contributed by atoms with E-state index < -0.39 is 72.7 Å². The molecule has 0 atom stereocenters. The molecule has 0 unspecified atom stereocenters. The van der Waals surface area contributed by atoms with Crippen LogP contribution in [0.5, 0.6) is 0 Å². The first-order chi connectivity index (χ1) is 11.6. The molecule has 0 spiro atoms. The largest absolute Gasteiger partial charge is 1.00 e. The van der Waals surface area contributed by atoms with E-state index in [0.717, 1.165) is 0 Å². The van der Waals surface area contributed by atoms with Gasteiger partial charge >= 0.3 is 83.0 Å². The van der Waals surface area contributed by atoms with E-state index >= 15 is 0 Å². The maximum Gasteiger partial charge on any atom is 1.00 e. The van der Waals surface area contributed by atoms with E-state index in [-0.39, 0.29) is 59.1 Å². The molecule has 0 saturated heterocycles. The predicted molar refractivity (Wildman–Crippen MR) is 68.9 cm³/mol. The van der Waals surface area contributed by atoms with Gasteiger partial charge in [0.1, 0.15) is 0 Å². The van der Waals surface area contributed by atoms with Crippen molar-refractivity contribution in [2.45, 2.75) is 36.9 Å². The van der Waals surface area contributed by atoms with Crippen LogP contribution in [0, 0.1) is 0 Å². The van der Waals surface area contributed by atoms with E-state index in [4.69, 9.17) is 30.6 Å². The molecule has 0 aromatic rings. The molecule has 16 heteroatoms. The average molecular weight is 428 g/mol. The molecule has 0 aromatic heterocycles. The summed E-state index contributed by atoms with van der Waals surface area (Å²) in [7, 11) is 0. The third-order valence-corrected chi connectivity index (χ3v) is 2.56. The Kier molecular flexibility index (Phi) is 18.0. The third-order valence-electron chi connectivity index (χ3n) is 2.56. The molecule has 6 N–H and O–H groups in total. The molecule has 0 aliphatic heterocycles. The molecule has 0 radical (unpaired) electrons. The number of aliphatic hydroxyl groups is 2. The Morgan fingerprint density at radius 3 is 0.929 bits per heavy atom. The van der Waals surface area contributed by atoms with Gasteiger partial charge in [-0.3, -0.25) is 9.59 Å². The van der Waals surface area contributed by atoms with Crippen LogP contribution in [0.4, 0.5) is 0 Å². The zero-order chi connectivity index (χ0) is 21.3. The smallest absolute Gasteiger partial charge is 0.550 e. The van der Waals surface area contributed by atoms with Crippen LogP contribution in [0.25, 0.3) is 0 Å². The van der Waals surface area contributed by atoms with Gasteiger partial charge in [0.15, 0.2) is 11.2 Å². The van der Waals surface area contributed by atoms with E-state index in [1.165, 1.54) is 0 Å². The second-order valence-corrected chi connectivity index (χ2v) is 4.91. The summed E-state index contributed by atoms with van der Waals surface area (Å²) in [5.74, 6) is -10.7. The molecule has 0 fully saturated rings. The second kappa shape index (κ2) is 14.7. The van der Waals surface area contributed by atoms with Crippen LogP contribution in [-0.2, 0) is 28.8 Å². The van der Waals surface area contributed by atoms with Gasteiger partial charge in [0, 0.05) is 24.8 Å². The van der Waals surface area contributed by atoms with Crippen LogP contribution < -0.4 is 69.3 Å². The molecule has 0 rings (SSSR count). The molecule has 28 heavy (non-hydrogen) atoms. The SMILES string of the molecule is O=C(O)CC(O)(CC(=O)O)C(=O)O.O=C([O-])CC(O)(CC(=O)[O-])C(=O)O.[Na+].[Na+]. The van der Waals surface area contributed by atoms with Crippen LogP contribution in [0.15, 0.2) is 0 Å². The Bertz CT molecular complexity index is 517. The van der Waals surface area contributed by atoms with Crippen LogP contribution in [-0.4, -0.2) is 77.7 Å². The van der Waals surface area contributed by atoms with Crippen molar-refractivity contribution in [3.63, 3.8) is 0 Å². The zero-order valence-corrected chi connectivity index (χ0v) is 18.8. The zero-order valence-electron chi connectivity index (χ0n) is 14.8. The summed E-state index contributed by atoms with van der Waals surface area (Å²) in [6.45, 7) is 0. The standard InChI is InChI=1S/2C6H8O7.2Na/c2*7-3(8)1-6(13,5(11)12)2-4(9)10;;/h2*13H,1-2H2,(H,7,8)(H,9,10)(H,11,12);;/q;;2*+1/p-2. The Morgan fingerprint density at radius 1 is 0.571 bits per heavy atom. The summed E-state index contributed by atoms with van der Waals surface area (Å²) < 4.78 is 0. The van der Waals surface area contributed by atoms with E-state index in [0.29, 0.717) is 0 Å². The normalized spacial score (nSPS) is 10.1. The molecule has 0 amide bonds. The number of carbonyl (C=O) groups is 6. The minimum Gasteiger partial charge on any atom is -0.550 e. The van der Waals surface area contributed by atoms with Crippen molar-refractivity contribution < 1.29 is 129 Å². The van der Waals surface area contributed by atoms with Gasteiger partial charge in [0.2, 0.25) is 0 Å². The molecule has 0 aromatic carbocycles. The summed E-state index contributed by atoms with van der Waals surface area (Å²) in [6.07, 6.45) is -4.88. The predicted octanol–water partition coefficient (Wildman–Crippen LogP) is -11.2. The van der Waals surface area contributed by atoms with Gasteiger partial charge in [-0.2, -0.15) is 0 Å². The first-order valence-corrected chi connectivity index (χ1v) is 6.30. The Hall–Kier alpha value is -1.26. The molecule has 14 nitrogen and oxygen atoms in total. The number of carboxylic acids is 6. The fourth-order valence-electron chi connectivity index (χ4n) is 1.41. The quantitative estimate of drug-likeness (QED) is 0.176. The maximum atomic E-state index is 10.3. The fourth-order valence-corrected chi connectivity index (χ4v) is 1.41. The minimum atomic E-state index is -2.86. The van der Waals surface area contributed by atoms with Gasteiger partial charge in [0.25, 0.3) is 0 Å². The maximum absolute atomic E-state index is 10.3. The molecule has 0 heterocycles. The summed E-state index contributed by atoms with van der Waals surface area (Å²) in [5.41, 5.74) is -5.60. The Balaban J connectivity index is -0.000000192. The van der Waals surface area contributed by atoms with Gasteiger partial charge in [-0.25, -0.2) is 9.59 Å². The monoisotopic (exact) mass is 428 g/mol. The van der Waals surface area contributed by atoms with Crippen molar-refractivity contribution in [1.29, 1.82) is 0 Å². The number of aliphatic carboxylic acids is 6. The number of carbonyl (C=O) groups excluding carboxylic acids is 2. The van der Waals surface area contributed by atoms with Gasteiger partial charge in [-0.15, -0.1) is 0 Å². The van der Waals surface area contributed by atoms with Crippen molar-refractivity contribution in [3.05, 3.63) is 0 Å². The number of rotatable bonds is 10. The first kappa shape index (κ1) is 34.3. The van der Waals surface area contributed by atoms with Crippen molar-refractivity contribution >= 4 is 35.8 Å². The van der Waals surface area contributed by atoms with Gasteiger partial charge < -0.3 is 50.4 Å². The number of hydrogen-bond acceptors (Lipinski definition) is 10. The topological polar surface area (TPSA) is 270 Å². The van der Waals surface area contributed by atoms with Crippen LogP contribution in [0.2, 0.25) is 0 Å². The Morgan fingerprint density at radius 2 is 0.786 bits per heavy atom. The molecular formula is C12H14Na2O14. The molecule has 0 bridgehead atoms. The van der Waals surface area contributed by atoms with Crippen molar-refractivity contribution in [3.8, 4) is 0 Å². The number of carboxylic acid groups (broad SMARTS) is 6. The fraction of sp³-hybridized carbons (Fsp3) is 0.500. The average Bonchev–Trinajstić information content (AvgIpc) is 2.34. The van der Waals surface area contributed by atoms with Gasteiger partial charge in [0.05, 0.1) is 12.8 Å². The first-order valence-electron chi connectivity index (χ1n) is 6.30. The molecule has 148 valence electrons. The minimum absolute atomic E-state index is 0. The van der Waals surface area contributed by atoms with Crippen LogP contribution >= 0.6 is 0 Å². The molecular weight excluding hydrogens is 414 g/mol. The van der Waals surface area contributed by atoms with Crippen molar-refractivity contribution in [2.75, 3.05) is 0 Å². The number of hydrogen-bond donors (Lipinski definition) is 6. The van der Waals surface area contributed by atoms with E-state index in [1.807, 2.05) is 0 Å². The van der Waals surface area contributed by atoms with Crippen LogP contribution in [0.3, 0.4) is 0 Å². The molecule has 0 saturated carbocycles. The third kappa shape index (κ3) is 14.8. The molecule has 0 aliphatic carbocycles. The summed E-state index contributed by atoms with van der Waals surface area (Å²) in [5, 5.41) is 71.0. The van der Waals surface area contributed by atoms with Gasteiger partial charge in [-0.1, -0.05) is 0 Å². The summed E-state index contributed by atoms with van der Waals surface area (Å²) in [6, 6.07) is 0. The summed E-state index contributed by atoms with van der Waals surface area (Å²) in [4.78, 5) is 60.7. The van der Waals surface area contributed by atoms with Crippen molar-refractivity contribution in [2.24, 2.45) is 0 Å². The second-order valence-electron chi connectivity index (χ2n) is 4.91. The van der Waals surface area contributed by atoms with Gasteiger partial charge in [-0.05, 0) is 0 Å². The van der Waals surface area contributed by atoms with E-state index in [1.54, 1.807) is 0 Å².